The molecule has 0 aliphatic rings. The topological polar surface area (TPSA) is 75.7 Å². The number of nitrogens with one attached hydrogen (secondary N) is 1. The first-order valence-electron chi connectivity index (χ1n) is 8.74. The molecular formula is C21H22N2O4S. The van der Waals surface area contributed by atoms with Crippen molar-refractivity contribution in [2.24, 2.45) is 0 Å². The summed E-state index contributed by atoms with van der Waals surface area (Å²) in [6, 6.07) is 20.2. The Labute approximate surface area is 164 Å². The number of amides is 1. The number of benzene rings is 3. The van der Waals surface area contributed by atoms with Crippen molar-refractivity contribution in [3.05, 3.63) is 66.7 Å². The molecule has 0 bridgehead atoms. The first-order valence-corrected chi connectivity index (χ1v) is 10.6. The average Bonchev–Trinajstić information content (AvgIpc) is 2.66. The summed E-state index contributed by atoms with van der Waals surface area (Å²) in [4.78, 5) is 12.5. The lowest BCUT2D eigenvalue weighted by Crippen LogP contribution is -2.30. The molecule has 0 aliphatic heterocycles. The lowest BCUT2D eigenvalue weighted by atomic mass is 10.1. The normalized spacial score (nSPS) is 12.4. The smallest absolute Gasteiger partial charge is 0.265 e. The van der Waals surface area contributed by atoms with Gasteiger partial charge in [0.1, 0.15) is 5.75 Å². The number of sulfonamides is 1. The fourth-order valence-corrected chi connectivity index (χ4v) is 3.21. The van der Waals surface area contributed by atoms with E-state index in [1.165, 1.54) is 7.05 Å². The zero-order chi connectivity index (χ0) is 20.3. The predicted octanol–water partition coefficient (Wildman–Crippen LogP) is 3.64. The molecule has 3 rings (SSSR count). The van der Waals surface area contributed by atoms with E-state index in [2.05, 4.69) is 5.32 Å². The molecule has 1 N–H and O–H groups in total. The van der Waals surface area contributed by atoms with Crippen molar-refractivity contribution < 1.29 is 17.9 Å². The van der Waals surface area contributed by atoms with Gasteiger partial charge in [0.25, 0.3) is 5.91 Å². The van der Waals surface area contributed by atoms with Crippen molar-refractivity contribution in [2.45, 2.75) is 13.0 Å². The molecule has 0 fully saturated rings. The van der Waals surface area contributed by atoms with E-state index in [9.17, 15) is 13.2 Å². The lowest BCUT2D eigenvalue weighted by molar-refractivity contribution is -0.122. The summed E-state index contributed by atoms with van der Waals surface area (Å²) in [5, 5.41) is 4.89. The number of rotatable bonds is 6. The van der Waals surface area contributed by atoms with Gasteiger partial charge in [-0.2, -0.15) is 0 Å². The van der Waals surface area contributed by atoms with Crippen LogP contribution in [0.4, 0.5) is 11.4 Å². The van der Waals surface area contributed by atoms with Crippen LogP contribution in [0.15, 0.2) is 66.7 Å². The molecule has 0 radical (unpaired) electrons. The van der Waals surface area contributed by atoms with Crippen LogP contribution in [-0.2, 0) is 14.8 Å². The second kappa shape index (κ2) is 7.90. The van der Waals surface area contributed by atoms with E-state index in [-0.39, 0.29) is 5.91 Å². The number of hydrogen-bond acceptors (Lipinski definition) is 4. The van der Waals surface area contributed by atoms with Gasteiger partial charge in [-0.15, -0.1) is 0 Å². The highest BCUT2D eigenvalue weighted by molar-refractivity contribution is 7.92. The van der Waals surface area contributed by atoms with Gasteiger partial charge < -0.3 is 10.1 Å². The minimum Gasteiger partial charge on any atom is -0.481 e. The maximum absolute atomic E-state index is 12.5. The Bertz CT molecular complexity index is 1110. The summed E-state index contributed by atoms with van der Waals surface area (Å²) in [6.45, 7) is 1.66. The van der Waals surface area contributed by atoms with Crippen LogP contribution in [0.1, 0.15) is 6.92 Å². The highest BCUT2D eigenvalue weighted by Gasteiger charge is 2.17. The zero-order valence-electron chi connectivity index (χ0n) is 15.9. The summed E-state index contributed by atoms with van der Waals surface area (Å²) in [5.74, 6) is 0.277. The first-order chi connectivity index (χ1) is 13.2. The van der Waals surface area contributed by atoms with E-state index in [4.69, 9.17) is 4.74 Å². The maximum Gasteiger partial charge on any atom is 0.265 e. The Morgan fingerprint density at radius 1 is 1.00 bits per heavy atom. The van der Waals surface area contributed by atoms with Crippen molar-refractivity contribution in [1.82, 2.24) is 0 Å². The first kappa shape index (κ1) is 19.7. The summed E-state index contributed by atoms with van der Waals surface area (Å²) >= 11 is 0. The highest BCUT2D eigenvalue weighted by Crippen LogP contribution is 2.23. The van der Waals surface area contributed by atoms with Crippen LogP contribution >= 0.6 is 0 Å². The van der Waals surface area contributed by atoms with Crippen LogP contribution in [-0.4, -0.2) is 33.7 Å². The number of anilines is 2. The Kier molecular flexibility index (Phi) is 5.56. The molecule has 7 heteroatoms. The van der Waals surface area contributed by atoms with Crippen LogP contribution < -0.4 is 14.4 Å². The Hall–Kier alpha value is -3.06. The summed E-state index contributed by atoms with van der Waals surface area (Å²) in [7, 11) is -1.92. The monoisotopic (exact) mass is 398 g/mol. The molecule has 6 nitrogen and oxygen atoms in total. The van der Waals surface area contributed by atoms with E-state index in [0.29, 0.717) is 17.1 Å². The molecule has 3 aromatic rings. The van der Waals surface area contributed by atoms with Crippen molar-refractivity contribution in [3.63, 3.8) is 0 Å². The number of hydrogen-bond donors (Lipinski definition) is 1. The van der Waals surface area contributed by atoms with E-state index in [0.717, 1.165) is 21.3 Å². The Morgan fingerprint density at radius 3 is 2.43 bits per heavy atom. The summed E-state index contributed by atoms with van der Waals surface area (Å²) in [6.07, 6.45) is 0.398. The van der Waals surface area contributed by atoms with Gasteiger partial charge in [0.15, 0.2) is 6.10 Å². The van der Waals surface area contributed by atoms with Crippen LogP contribution in [0.2, 0.25) is 0 Å². The quantitative estimate of drug-likeness (QED) is 0.688. The van der Waals surface area contributed by atoms with Gasteiger partial charge in [0, 0.05) is 12.7 Å². The average molecular weight is 398 g/mol. The summed E-state index contributed by atoms with van der Waals surface area (Å²) in [5.41, 5.74) is 0.954. The third-order valence-electron chi connectivity index (χ3n) is 4.38. The highest BCUT2D eigenvalue weighted by atomic mass is 32.2. The second-order valence-electron chi connectivity index (χ2n) is 6.54. The fourth-order valence-electron chi connectivity index (χ4n) is 2.71. The number of fused-ring (bicyclic) bond motifs is 1. The summed E-state index contributed by atoms with van der Waals surface area (Å²) < 4.78 is 30.3. The molecule has 146 valence electrons. The minimum absolute atomic E-state index is 0.327. The fraction of sp³-hybridized carbons (Fsp3) is 0.190. The van der Waals surface area contributed by atoms with E-state index >= 15 is 0 Å². The molecule has 0 saturated heterocycles. The third-order valence-corrected chi connectivity index (χ3v) is 5.58. The molecule has 0 heterocycles. The largest absolute Gasteiger partial charge is 0.481 e. The lowest BCUT2D eigenvalue weighted by Gasteiger charge is -2.18. The molecule has 0 unspecified atom stereocenters. The minimum atomic E-state index is -3.38. The molecule has 0 aromatic heterocycles. The van der Waals surface area contributed by atoms with Crippen molar-refractivity contribution in [3.8, 4) is 5.75 Å². The van der Waals surface area contributed by atoms with E-state index < -0.39 is 16.1 Å². The molecule has 0 aliphatic carbocycles. The van der Waals surface area contributed by atoms with E-state index in [1.54, 1.807) is 31.2 Å². The predicted molar refractivity (Wildman–Crippen MR) is 112 cm³/mol. The van der Waals surface area contributed by atoms with Gasteiger partial charge in [-0.05, 0) is 48.0 Å². The van der Waals surface area contributed by atoms with Crippen molar-refractivity contribution >= 4 is 38.1 Å². The van der Waals surface area contributed by atoms with Crippen LogP contribution in [0, 0.1) is 0 Å². The van der Waals surface area contributed by atoms with Gasteiger partial charge in [0.05, 0.1) is 11.9 Å². The zero-order valence-corrected chi connectivity index (χ0v) is 16.7. The molecule has 28 heavy (non-hydrogen) atoms. The molecular weight excluding hydrogens is 376 g/mol. The third kappa shape index (κ3) is 4.61. The molecule has 1 atom stereocenters. The van der Waals surface area contributed by atoms with Gasteiger partial charge >= 0.3 is 0 Å². The van der Waals surface area contributed by atoms with Crippen LogP contribution in [0.25, 0.3) is 10.8 Å². The molecule has 0 spiro atoms. The number of ether oxygens (including phenoxy) is 1. The number of carbonyl (C=O) groups is 1. The van der Waals surface area contributed by atoms with Gasteiger partial charge in [-0.1, -0.05) is 36.4 Å². The number of nitrogens with zero attached hydrogens (tertiary/aromatic N) is 1. The van der Waals surface area contributed by atoms with Gasteiger partial charge in [0.2, 0.25) is 10.0 Å². The van der Waals surface area contributed by atoms with Crippen molar-refractivity contribution in [2.75, 3.05) is 22.9 Å². The van der Waals surface area contributed by atoms with Gasteiger partial charge in [-0.25, -0.2) is 8.42 Å². The Balaban J connectivity index is 1.70. The molecule has 1 amide bonds. The standard InChI is InChI=1S/C21H22N2O4S/c1-15(27-20-12-11-16-7-4-5-8-17(16)13-20)21(24)22-18-9-6-10-19(14-18)23(2)28(3,25)26/h4-15H,1-3H3,(H,22,24)/t15-/m0/s1. The Morgan fingerprint density at radius 2 is 1.71 bits per heavy atom. The van der Waals surface area contributed by atoms with Crippen LogP contribution in [0.3, 0.4) is 0 Å². The second-order valence-corrected chi connectivity index (χ2v) is 8.55. The van der Waals surface area contributed by atoms with Gasteiger partial charge in [-0.3, -0.25) is 9.10 Å². The SMILES string of the molecule is C[C@H](Oc1ccc2ccccc2c1)C(=O)Nc1cccc(N(C)S(C)(=O)=O)c1. The molecule has 3 aromatic carbocycles. The molecule has 0 saturated carbocycles. The van der Waals surface area contributed by atoms with E-state index in [1.807, 2.05) is 42.5 Å². The maximum atomic E-state index is 12.5. The van der Waals surface area contributed by atoms with Crippen LogP contribution in [0.5, 0.6) is 5.75 Å². The number of carbonyl (C=O) groups excluding carboxylic acids is 1. The van der Waals surface area contributed by atoms with Crippen molar-refractivity contribution in [1.29, 1.82) is 0 Å².